The van der Waals surface area contributed by atoms with E-state index in [9.17, 15) is 0 Å². The van der Waals surface area contributed by atoms with Crippen LogP contribution in [0.1, 0.15) is 38.2 Å². The zero-order valence-corrected chi connectivity index (χ0v) is 11.4. The number of hydrogen-bond acceptors (Lipinski definition) is 2. The van der Waals surface area contributed by atoms with E-state index in [4.69, 9.17) is 17.5 Å². The van der Waals surface area contributed by atoms with E-state index in [1.54, 1.807) is 0 Å². The highest BCUT2D eigenvalue weighted by Gasteiger charge is 2.07. The molecular weight excluding hydrogens is 242 g/mol. The lowest BCUT2D eigenvalue weighted by atomic mass is 10.2. The monoisotopic (exact) mass is 259 g/mol. The molecule has 0 atom stereocenters. The van der Waals surface area contributed by atoms with Gasteiger partial charge in [0, 0.05) is 6.54 Å². The van der Waals surface area contributed by atoms with Crippen molar-refractivity contribution >= 4 is 23.3 Å². The zero-order chi connectivity index (χ0) is 13.0. The molecule has 0 aliphatic rings. The van der Waals surface area contributed by atoms with Gasteiger partial charge in [-0.1, -0.05) is 32.3 Å². The molecule has 2 aromatic rings. The summed E-state index contributed by atoms with van der Waals surface area (Å²) in [4.78, 5) is 3.14. The predicted octanol–water partition coefficient (Wildman–Crippen LogP) is 4.15. The van der Waals surface area contributed by atoms with Gasteiger partial charge in [0.05, 0.1) is 16.6 Å². The second-order valence-corrected chi connectivity index (χ2v) is 4.84. The minimum Gasteiger partial charge on any atom is -0.329 e. The Labute approximate surface area is 112 Å². The molecule has 0 amide bonds. The lowest BCUT2D eigenvalue weighted by molar-refractivity contribution is 0.587. The fourth-order valence-corrected chi connectivity index (χ4v) is 2.48. The molecule has 0 radical (unpaired) electrons. The fourth-order valence-electron chi connectivity index (χ4n) is 2.19. The van der Waals surface area contributed by atoms with Gasteiger partial charge >= 0.3 is 0 Å². The van der Waals surface area contributed by atoms with E-state index in [1.165, 1.54) is 19.3 Å². The van der Waals surface area contributed by atoms with Crippen LogP contribution in [0, 0.1) is 16.1 Å². The molecule has 3 nitrogen and oxygen atoms in total. The largest absolute Gasteiger partial charge is 0.329 e. The molecular formula is C14H17N3S. The molecule has 1 aromatic heterocycles. The van der Waals surface area contributed by atoms with Crippen LogP contribution in [0.25, 0.3) is 11.0 Å². The highest BCUT2D eigenvalue weighted by atomic mass is 32.1. The summed E-state index contributed by atoms with van der Waals surface area (Å²) in [5, 5.41) is 9.07. The molecule has 2 rings (SSSR count). The number of nitrogens with zero attached hydrogens (tertiary/aromatic N) is 2. The number of para-hydroxylation sites is 1. The number of benzene rings is 1. The quantitative estimate of drug-likeness (QED) is 0.647. The van der Waals surface area contributed by atoms with Crippen molar-refractivity contribution in [1.29, 1.82) is 5.26 Å². The van der Waals surface area contributed by atoms with E-state index in [0.717, 1.165) is 24.0 Å². The number of imidazole rings is 1. The van der Waals surface area contributed by atoms with Crippen LogP contribution in [0.4, 0.5) is 0 Å². The average Bonchev–Trinajstić information content (AvgIpc) is 2.70. The molecule has 1 N–H and O–H groups in total. The number of nitrogens with one attached hydrogen (secondary N) is 1. The predicted molar refractivity (Wildman–Crippen MR) is 76.0 cm³/mol. The molecule has 0 unspecified atom stereocenters. The first-order chi connectivity index (χ1) is 8.77. The van der Waals surface area contributed by atoms with E-state index in [0.29, 0.717) is 10.3 Å². The molecule has 0 bridgehead atoms. The van der Waals surface area contributed by atoms with Gasteiger partial charge in [-0.15, -0.1) is 0 Å². The molecule has 0 saturated heterocycles. The normalized spacial score (nSPS) is 10.7. The van der Waals surface area contributed by atoms with E-state index < -0.39 is 0 Å². The smallest absolute Gasteiger partial charge is 0.178 e. The molecule has 4 heteroatoms. The highest BCUT2D eigenvalue weighted by Crippen LogP contribution is 2.18. The highest BCUT2D eigenvalue weighted by molar-refractivity contribution is 7.71. The Balaban J connectivity index is 2.31. The van der Waals surface area contributed by atoms with Crippen molar-refractivity contribution in [2.75, 3.05) is 0 Å². The minimum atomic E-state index is 0.658. The lowest BCUT2D eigenvalue weighted by Crippen LogP contribution is -1.97. The van der Waals surface area contributed by atoms with Crippen molar-refractivity contribution < 1.29 is 0 Å². The van der Waals surface area contributed by atoms with Gasteiger partial charge < -0.3 is 9.55 Å². The number of rotatable bonds is 5. The van der Waals surface area contributed by atoms with Crippen molar-refractivity contribution in [3.05, 3.63) is 28.5 Å². The van der Waals surface area contributed by atoms with Gasteiger partial charge in [-0.3, -0.25) is 0 Å². The van der Waals surface area contributed by atoms with E-state index in [-0.39, 0.29) is 0 Å². The molecule has 0 aliphatic heterocycles. The Morgan fingerprint density at radius 1 is 1.33 bits per heavy atom. The van der Waals surface area contributed by atoms with Crippen LogP contribution in [0.3, 0.4) is 0 Å². The summed E-state index contributed by atoms with van der Waals surface area (Å²) in [6.45, 7) is 3.13. The second kappa shape index (κ2) is 5.83. The van der Waals surface area contributed by atoms with Crippen LogP contribution >= 0.6 is 12.2 Å². The SMILES string of the molecule is CCCCCCn1c(=S)[nH]c2c(C#N)cccc21. The molecule has 0 spiro atoms. The first-order valence-corrected chi connectivity index (χ1v) is 6.80. The van der Waals surface area contributed by atoms with Crippen LogP contribution < -0.4 is 0 Å². The number of aromatic amines is 1. The molecule has 1 heterocycles. The van der Waals surface area contributed by atoms with E-state index in [1.807, 2.05) is 18.2 Å². The maximum Gasteiger partial charge on any atom is 0.178 e. The summed E-state index contributed by atoms with van der Waals surface area (Å²) in [5.74, 6) is 0. The zero-order valence-electron chi connectivity index (χ0n) is 10.6. The topological polar surface area (TPSA) is 44.5 Å². The van der Waals surface area contributed by atoms with E-state index >= 15 is 0 Å². The molecule has 18 heavy (non-hydrogen) atoms. The summed E-state index contributed by atoms with van der Waals surface area (Å²) in [6.07, 6.45) is 4.85. The van der Waals surface area contributed by atoms with Gasteiger partial charge in [-0.25, -0.2) is 0 Å². The number of nitriles is 1. The lowest BCUT2D eigenvalue weighted by Gasteiger charge is -2.04. The van der Waals surface area contributed by atoms with Gasteiger partial charge in [-0.2, -0.15) is 5.26 Å². The van der Waals surface area contributed by atoms with Crippen molar-refractivity contribution in [1.82, 2.24) is 9.55 Å². The number of unbranched alkanes of at least 4 members (excludes halogenated alkanes) is 3. The number of fused-ring (bicyclic) bond motifs is 1. The maximum atomic E-state index is 9.07. The van der Waals surface area contributed by atoms with Crippen LogP contribution in [-0.2, 0) is 6.54 Å². The van der Waals surface area contributed by atoms with Gasteiger partial charge in [0.1, 0.15) is 6.07 Å². The molecule has 0 aliphatic carbocycles. The van der Waals surface area contributed by atoms with Crippen molar-refractivity contribution in [2.45, 2.75) is 39.2 Å². The Kier molecular flexibility index (Phi) is 4.16. The van der Waals surface area contributed by atoms with Crippen molar-refractivity contribution in [2.24, 2.45) is 0 Å². The Hall–Kier alpha value is -1.60. The third-order valence-electron chi connectivity index (χ3n) is 3.17. The third-order valence-corrected chi connectivity index (χ3v) is 3.49. The summed E-state index contributed by atoms with van der Waals surface area (Å²) >= 11 is 5.34. The van der Waals surface area contributed by atoms with Gasteiger partial charge in [0.2, 0.25) is 0 Å². The minimum absolute atomic E-state index is 0.658. The van der Waals surface area contributed by atoms with E-state index in [2.05, 4.69) is 22.5 Å². The molecule has 94 valence electrons. The first-order valence-electron chi connectivity index (χ1n) is 6.39. The Morgan fingerprint density at radius 3 is 2.89 bits per heavy atom. The number of hydrogen-bond donors (Lipinski definition) is 1. The van der Waals surface area contributed by atoms with Crippen LogP contribution in [0.2, 0.25) is 0 Å². The van der Waals surface area contributed by atoms with Gasteiger partial charge in [0.15, 0.2) is 4.77 Å². The third kappa shape index (κ3) is 2.46. The summed E-state index contributed by atoms with van der Waals surface area (Å²) in [5.41, 5.74) is 2.56. The average molecular weight is 259 g/mol. The number of aryl methyl sites for hydroxylation is 1. The Morgan fingerprint density at radius 2 is 2.17 bits per heavy atom. The molecule has 0 fully saturated rings. The van der Waals surface area contributed by atoms with Crippen LogP contribution in [0.15, 0.2) is 18.2 Å². The second-order valence-electron chi connectivity index (χ2n) is 4.45. The maximum absolute atomic E-state index is 9.07. The summed E-state index contributed by atoms with van der Waals surface area (Å²) in [7, 11) is 0. The van der Waals surface area contributed by atoms with Crippen molar-refractivity contribution in [3.8, 4) is 6.07 Å². The fraction of sp³-hybridized carbons (Fsp3) is 0.429. The molecule has 0 saturated carbocycles. The molecule has 1 aromatic carbocycles. The Bertz CT molecular complexity index is 631. The number of aromatic nitrogens is 2. The van der Waals surface area contributed by atoms with Crippen LogP contribution in [0.5, 0.6) is 0 Å². The standard InChI is InChI=1S/C14H17N3S/c1-2-3-4-5-9-17-12-8-6-7-11(10-15)13(12)16-14(17)18/h6-8H,2-5,9H2,1H3,(H,16,18). The van der Waals surface area contributed by atoms with Crippen LogP contribution in [-0.4, -0.2) is 9.55 Å². The number of H-pyrrole nitrogens is 1. The van der Waals surface area contributed by atoms with Gasteiger partial charge in [-0.05, 0) is 30.8 Å². The summed E-state index contributed by atoms with van der Waals surface area (Å²) < 4.78 is 2.81. The first kappa shape index (κ1) is 12.8. The van der Waals surface area contributed by atoms with Crippen molar-refractivity contribution in [3.63, 3.8) is 0 Å². The summed E-state index contributed by atoms with van der Waals surface area (Å²) in [6, 6.07) is 7.94. The van der Waals surface area contributed by atoms with Gasteiger partial charge in [0.25, 0.3) is 0 Å².